The van der Waals surface area contributed by atoms with Gasteiger partial charge in [-0.15, -0.1) is 11.3 Å². The molecule has 0 aliphatic heterocycles. The van der Waals surface area contributed by atoms with Gasteiger partial charge in [0, 0.05) is 23.4 Å². The first-order valence-corrected chi connectivity index (χ1v) is 10.4. The highest BCUT2D eigenvalue weighted by Crippen LogP contribution is 2.33. The van der Waals surface area contributed by atoms with Crippen molar-refractivity contribution in [1.29, 1.82) is 0 Å². The topological polar surface area (TPSA) is 64.1 Å². The molecule has 2 heterocycles. The first-order valence-electron chi connectivity index (χ1n) is 8.73. The standard InChI is InChI=1S/C18H27N3O2S2/c1-6-14-10-15-17(20-13(5)21-18(15)25-14)24-12(4)16(22)19-8-7-9-23-11(2)3/h10-12H,6-9H2,1-5H3,(H,19,22). The number of amides is 1. The quantitative estimate of drug-likeness (QED) is 0.404. The Hall–Kier alpha value is -1.18. The van der Waals surface area contributed by atoms with Gasteiger partial charge < -0.3 is 10.1 Å². The molecule has 1 amide bonds. The summed E-state index contributed by atoms with van der Waals surface area (Å²) >= 11 is 3.20. The molecule has 25 heavy (non-hydrogen) atoms. The van der Waals surface area contributed by atoms with Crippen molar-refractivity contribution in [3.63, 3.8) is 0 Å². The smallest absolute Gasteiger partial charge is 0.233 e. The Balaban J connectivity index is 1.95. The van der Waals surface area contributed by atoms with Crippen LogP contribution in [0.2, 0.25) is 0 Å². The zero-order chi connectivity index (χ0) is 18.4. The number of ether oxygens (including phenoxy) is 1. The normalized spacial score (nSPS) is 12.7. The summed E-state index contributed by atoms with van der Waals surface area (Å²) in [4.78, 5) is 23.7. The SMILES string of the molecule is CCc1cc2c(SC(C)C(=O)NCCCOC(C)C)nc(C)nc2s1. The largest absolute Gasteiger partial charge is 0.379 e. The van der Waals surface area contributed by atoms with E-state index in [0.29, 0.717) is 13.2 Å². The van der Waals surface area contributed by atoms with Crippen LogP contribution in [0.3, 0.4) is 0 Å². The summed E-state index contributed by atoms with van der Waals surface area (Å²) in [6, 6.07) is 2.15. The predicted octanol–water partition coefficient (Wildman–Crippen LogP) is 3.97. The van der Waals surface area contributed by atoms with Gasteiger partial charge in [0.2, 0.25) is 5.91 Å². The number of rotatable bonds is 9. The van der Waals surface area contributed by atoms with Crippen LogP contribution in [0.4, 0.5) is 0 Å². The molecule has 2 rings (SSSR count). The van der Waals surface area contributed by atoms with Crippen LogP contribution in [0, 0.1) is 6.92 Å². The molecule has 0 aliphatic rings. The second kappa shape index (κ2) is 9.50. The zero-order valence-corrected chi connectivity index (χ0v) is 17.2. The summed E-state index contributed by atoms with van der Waals surface area (Å²) in [7, 11) is 0. The highest BCUT2D eigenvalue weighted by Gasteiger charge is 2.18. The maximum Gasteiger partial charge on any atom is 0.233 e. The van der Waals surface area contributed by atoms with E-state index in [-0.39, 0.29) is 17.3 Å². The summed E-state index contributed by atoms with van der Waals surface area (Å²) in [6.07, 6.45) is 2.04. The summed E-state index contributed by atoms with van der Waals surface area (Å²) in [5.41, 5.74) is 0. The molecular formula is C18H27N3O2S2. The lowest BCUT2D eigenvalue weighted by atomic mass is 10.3. The van der Waals surface area contributed by atoms with Gasteiger partial charge in [-0.3, -0.25) is 4.79 Å². The number of thiophene rings is 1. The van der Waals surface area contributed by atoms with E-state index in [1.54, 1.807) is 11.3 Å². The van der Waals surface area contributed by atoms with Gasteiger partial charge in [-0.1, -0.05) is 18.7 Å². The Kier molecular flexibility index (Phi) is 7.65. The van der Waals surface area contributed by atoms with E-state index in [0.717, 1.165) is 33.9 Å². The monoisotopic (exact) mass is 381 g/mol. The Morgan fingerprint density at radius 2 is 2.12 bits per heavy atom. The molecule has 2 aromatic heterocycles. The number of nitrogens with one attached hydrogen (secondary N) is 1. The number of hydrogen-bond donors (Lipinski definition) is 1. The first kappa shape index (κ1) is 20.1. The fraction of sp³-hybridized carbons (Fsp3) is 0.611. The van der Waals surface area contributed by atoms with E-state index in [9.17, 15) is 4.79 Å². The van der Waals surface area contributed by atoms with E-state index in [4.69, 9.17) is 4.74 Å². The molecule has 7 heteroatoms. The highest BCUT2D eigenvalue weighted by molar-refractivity contribution is 8.00. The van der Waals surface area contributed by atoms with Gasteiger partial charge in [-0.05, 0) is 46.6 Å². The highest BCUT2D eigenvalue weighted by atomic mass is 32.2. The Morgan fingerprint density at radius 3 is 2.80 bits per heavy atom. The minimum Gasteiger partial charge on any atom is -0.379 e. The number of nitrogens with zero attached hydrogens (tertiary/aromatic N) is 2. The van der Waals surface area contributed by atoms with Crippen LogP contribution >= 0.6 is 23.1 Å². The van der Waals surface area contributed by atoms with Gasteiger partial charge in [0.15, 0.2) is 0 Å². The minimum atomic E-state index is -0.200. The van der Waals surface area contributed by atoms with Gasteiger partial charge in [0.05, 0.1) is 11.4 Å². The number of fused-ring (bicyclic) bond motifs is 1. The lowest BCUT2D eigenvalue weighted by Gasteiger charge is -2.13. The molecule has 0 saturated heterocycles. The van der Waals surface area contributed by atoms with Crippen LogP contribution in [0.25, 0.3) is 10.2 Å². The van der Waals surface area contributed by atoms with Crippen LogP contribution in [0.15, 0.2) is 11.1 Å². The van der Waals surface area contributed by atoms with Gasteiger partial charge in [0.1, 0.15) is 15.7 Å². The summed E-state index contributed by atoms with van der Waals surface area (Å²) in [5.74, 6) is 0.780. The van der Waals surface area contributed by atoms with Crippen LogP contribution in [0.1, 0.15) is 44.8 Å². The number of thioether (sulfide) groups is 1. The fourth-order valence-corrected chi connectivity index (χ4v) is 4.35. The van der Waals surface area contributed by atoms with Gasteiger partial charge in [0.25, 0.3) is 0 Å². The molecule has 0 bridgehead atoms. The number of aromatic nitrogens is 2. The van der Waals surface area contributed by atoms with Crippen molar-refractivity contribution in [3.05, 3.63) is 16.8 Å². The van der Waals surface area contributed by atoms with Crippen LogP contribution < -0.4 is 5.32 Å². The predicted molar refractivity (Wildman–Crippen MR) is 106 cm³/mol. The van der Waals surface area contributed by atoms with E-state index in [2.05, 4.69) is 28.3 Å². The molecule has 0 spiro atoms. The number of hydrogen-bond acceptors (Lipinski definition) is 6. The van der Waals surface area contributed by atoms with Gasteiger partial charge >= 0.3 is 0 Å². The van der Waals surface area contributed by atoms with Crippen molar-refractivity contribution in [2.24, 2.45) is 0 Å². The van der Waals surface area contributed by atoms with Crippen molar-refractivity contribution >= 4 is 39.2 Å². The van der Waals surface area contributed by atoms with Crippen molar-refractivity contribution in [3.8, 4) is 0 Å². The van der Waals surface area contributed by atoms with Gasteiger partial charge in [-0.25, -0.2) is 9.97 Å². The molecule has 138 valence electrons. The fourth-order valence-electron chi connectivity index (χ4n) is 2.28. The molecule has 0 radical (unpaired) electrons. The Bertz CT molecular complexity index is 716. The van der Waals surface area contributed by atoms with Crippen LogP contribution in [-0.4, -0.2) is 40.4 Å². The molecule has 5 nitrogen and oxygen atoms in total. The third-order valence-electron chi connectivity index (χ3n) is 3.60. The second-order valence-electron chi connectivity index (χ2n) is 6.19. The molecule has 1 atom stereocenters. The molecule has 0 aromatic carbocycles. The first-order chi connectivity index (χ1) is 11.9. The van der Waals surface area contributed by atoms with E-state index in [1.807, 2.05) is 27.7 Å². The Labute approximate surface area is 158 Å². The number of carbonyl (C=O) groups is 1. The lowest BCUT2D eigenvalue weighted by molar-refractivity contribution is -0.120. The van der Waals surface area contributed by atoms with E-state index in [1.165, 1.54) is 16.6 Å². The average Bonchev–Trinajstić information content (AvgIpc) is 2.97. The van der Waals surface area contributed by atoms with Gasteiger partial charge in [-0.2, -0.15) is 0 Å². The number of carbonyl (C=O) groups excluding carboxylic acids is 1. The average molecular weight is 382 g/mol. The molecule has 0 aliphatic carbocycles. The third-order valence-corrected chi connectivity index (χ3v) is 5.87. The molecule has 0 saturated carbocycles. The molecule has 0 fully saturated rings. The Morgan fingerprint density at radius 1 is 1.36 bits per heavy atom. The van der Waals surface area contributed by atoms with E-state index >= 15 is 0 Å². The second-order valence-corrected chi connectivity index (χ2v) is 8.63. The number of aryl methyl sites for hydroxylation is 2. The van der Waals surface area contributed by atoms with Crippen molar-refractivity contribution in [2.45, 2.75) is 63.8 Å². The third kappa shape index (κ3) is 5.94. The summed E-state index contributed by atoms with van der Waals surface area (Å²) in [5, 5.41) is 4.73. The van der Waals surface area contributed by atoms with E-state index < -0.39 is 0 Å². The maximum absolute atomic E-state index is 12.3. The van der Waals surface area contributed by atoms with Crippen molar-refractivity contribution < 1.29 is 9.53 Å². The molecule has 1 unspecified atom stereocenters. The van der Waals surface area contributed by atoms with Crippen molar-refractivity contribution in [1.82, 2.24) is 15.3 Å². The van der Waals surface area contributed by atoms with Crippen LogP contribution in [0.5, 0.6) is 0 Å². The summed E-state index contributed by atoms with van der Waals surface area (Å²) < 4.78 is 5.48. The maximum atomic E-state index is 12.3. The molecular weight excluding hydrogens is 354 g/mol. The molecule has 2 aromatic rings. The van der Waals surface area contributed by atoms with Crippen molar-refractivity contribution in [2.75, 3.05) is 13.2 Å². The van der Waals surface area contributed by atoms with Crippen LogP contribution in [-0.2, 0) is 16.0 Å². The zero-order valence-electron chi connectivity index (χ0n) is 15.6. The lowest BCUT2D eigenvalue weighted by Crippen LogP contribution is -2.32. The molecule has 1 N–H and O–H groups in total. The minimum absolute atomic E-state index is 0.0323. The summed E-state index contributed by atoms with van der Waals surface area (Å²) in [6.45, 7) is 11.3.